The van der Waals surface area contributed by atoms with Gasteiger partial charge < -0.3 is 39.1 Å². The third kappa shape index (κ3) is 8.57. The van der Waals surface area contributed by atoms with Crippen LogP contribution in [-0.4, -0.2) is 75.7 Å². The predicted molar refractivity (Wildman–Crippen MR) is 148 cm³/mol. The monoisotopic (exact) mass is 560 g/mol. The Hall–Kier alpha value is -2.86. The molecule has 4 N–H and O–H groups in total. The van der Waals surface area contributed by atoms with E-state index in [4.69, 9.17) is 18.6 Å². The number of hydrogen-bond donors (Lipinski definition) is 4. The number of ether oxygens (including phenoxy) is 3. The number of allylic oxidation sites excluding steroid dienone is 3. The first kappa shape index (κ1) is 31.7. The molecule has 220 valence electrons. The molecule has 2 aromatic rings. The van der Waals surface area contributed by atoms with E-state index in [2.05, 4.69) is 6.08 Å². The van der Waals surface area contributed by atoms with Gasteiger partial charge in [-0.3, -0.25) is 4.79 Å². The van der Waals surface area contributed by atoms with E-state index >= 15 is 0 Å². The number of carbonyl (C=O) groups excluding carboxylic acids is 1. The summed E-state index contributed by atoms with van der Waals surface area (Å²) in [4.78, 5) is 24.3. The minimum absolute atomic E-state index is 0.210. The molecule has 2 heterocycles. The van der Waals surface area contributed by atoms with Crippen LogP contribution in [0.15, 0.2) is 62.8 Å². The van der Waals surface area contributed by atoms with E-state index in [0.29, 0.717) is 24.4 Å². The molecule has 1 aromatic carbocycles. The molecule has 0 amide bonds. The lowest BCUT2D eigenvalue weighted by molar-refractivity contribution is -0.318. The van der Waals surface area contributed by atoms with Gasteiger partial charge in [0.15, 0.2) is 12.1 Å². The Balaban J connectivity index is 1.42. The summed E-state index contributed by atoms with van der Waals surface area (Å²) in [7, 11) is 0. The van der Waals surface area contributed by atoms with E-state index in [-0.39, 0.29) is 12.2 Å². The predicted octanol–water partition coefficient (Wildman–Crippen LogP) is 2.79. The average molecular weight is 561 g/mol. The highest BCUT2D eigenvalue weighted by Crippen LogP contribution is 2.27. The van der Waals surface area contributed by atoms with Crippen LogP contribution in [0.5, 0.6) is 5.75 Å². The molecule has 0 aliphatic carbocycles. The highest BCUT2D eigenvalue weighted by molar-refractivity contribution is 5.86. The van der Waals surface area contributed by atoms with E-state index in [9.17, 15) is 30.0 Å². The van der Waals surface area contributed by atoms with Gasteiger partial charge in [0.1, 0.15) is 48.0 Å². The number of Topliss-reactive ketones (excluding diaryl/α,β-unsaturated/α-hetero) is 1. The van der Waals surface area contributed by atoms with Gasteiger partial charge in [-0.25, -0.2) is 4.79 Å². The molecule has 1 saturated heterocycles. The van der Waals surface area contributed by atoms with Crippen molar-refractivity contribution in [3.63, 3.8) is 0 Å². The van der Waals surface area contributed by atoms with Gasteiger partial charge in [-0.15, -0.1) is 0 Å². The van der Waals surface area contributed by atoms with Crippen LogP contribution in [-0.2, 0) is 14.3 Å². The molecule has 3 rings (SSSR count). The zero-order valence-corrected chi connectivity index (χ0v) is 23.4. The molecule has 1 aliphatic rings. The number of rotatable bonds is 13. The Morgan fingerprint density at radius 3 is 2.40 bits per heavy atom. The molecule has 1 fully saturated rings. The number of aliphatic hydroxyl groups excluding tert-OH is 4. The molecule has 1 aliphatic heterocycles. The maximum atomic E-state index is 12.9. The molecule has 10 heteroatoms. The molecule has 0 spiro atoms. The maximum Gasteiger partial charge on any atom is 0.336 e. The summed E-state index contributed by atoms with van der Waals surface area (Å²) in [6, 6.07) is 8.45. The summed E-state index contributed by atoms with van der Waals surface area (Å²) < 4.78 is 22.0. The molecule has 0 radical (unpaired) electrons. The normalized spacial score (nSPS) is 24.4. The van der Waals surface area contributed by atoms with Crippen LogP contribution in [0.25, 0.3) is 11.0 Å². The van der Waals surface area contributed by atoms with Crippen LogP contribution in [0.4, 0.5) is 0 Å². The molecule has 1 aromatic heterocycles. The fourth-order valence-corrected chi connectivity index (χ4v) is 4.29. The van der Waals surface area contributed by atoms with Crippen LogP contribution in [0.2, 0.25) is 0 Å². The number of benzene rings is 1. The average Bonchev–Trinajstić information content (AvgIpc) is 2.91. The second-order valence-electron chi connectivity index (χ2n) is 10.7. The third-order valence-corrected chi connectivity index (χ3v) is 6.98. The van der Waals surface area contributed by atoms with Gasteiger partial charge in [0.25, 0.3) is 0 Å². The highest BCUT2D eigenvalue weighted by atomic mass is 16.7. The van der Waals surface area contributed by atoms with Crippen molar-refractivity contribution in [2.24, 2.45) is 0 Å². The van der Waals surface area contributed by atoms with Crippen molar-refractivity contribution in [2.45, 2.75) is 89.7 Å². The molecule has 5 unspecified atom stereocenters. The van der Waals surface area contributed by atoms with Gasteiger partial charge >= 0.3 is 5.63 Å². The molecule has 40 heavy (non-hydrogen) atoms. The van der Waals surface area contributed by atoms with Gasteiger partial charge in [-0.1, -0.05) is 17.2 Å². The van der Waals surface area contributed by atoms with E-state index in [1.54, 1.807) is 26.0 Å². The SMILES string of the molecule is CC(=CCOc1ccc2ccc(=O)oc2c1)CCC=C(C)CCC(=O)C(C)(C)OC1OC(CO)C(O)C(O)C1O. The Morgan fingerprint density at radius 1 is 0.975 bits per heavy atom. The zero-order chi connectivity index (χ0) is 29.4. The number of fused-ring (bicyclic) bond motifs is 1. The molecule has 10 nitrogen and oxygen atoms in total. The van der Waals surface area contributed by atoms with Crippen molar-refractivity contribution in [3.05, 3.63) is 64.1 Å². The fourth-order valence-electron chi connectivity index (χ4n) is 4.29. The van der Waals surface area contributed by atoms with E-state index in [0.717, 1.165) is 29.4 Å². The van der Waals surface area contributed by atoms with Crippen LogP contribution in [0, 0.1) is 0 Å². The second kappa shape index (κ2) is 14.2. The number of aliphatic hydroxyl groups is 4. The van der Waals surface area contributed by atoms with E-state index < -0.39 is 48.5 Å². The summed E-state index contributed by atoms with van der Waals surface area (Å²) in [6.07, 6.45) is -0.653. The van der Waals surface area contributed by atoms with Crippen molar-refractivity contribution in [1.82, 2.24) is 0 Å². The first-order valence-electron chi connectivity index (χ1n) is 13.4. The fraction of sp³-hybridized carbons (Fsp3) is 0.533. The standard InChI is InChI=1S/C30H40O10/c1-18(8-12-24(32)30(3,4)40-29-28(36)27(35)26(34)23(17-31)39-29)6-5-7-19(2)14-15-37-21-11-9-20-10-13-25(33)38-22(20)16-21/h6,9-11,13-14,16,23,26-29,31,34-36H,5,7-8,12,15,17H2,1-4H3. The molecular formula is C30H40O10. The van der Waals surface area contributed by atoms with Gasteiger partial charge in [0.05, 0.1) is 6.61 Å². The minimum atomic E-state index is -1.57. The third-order valence-electron chi connectivity index (χ3n) is 6.98. The summed E-state index contributed by atoms with van der Waals surface area (Å²) in [5.41, 5.74) is 0.969. The van der Waals surface area contributed by atoms with Crippen LogP contribution in [0.1, 0.15) is 53.4 Å². The van der Waals surface area contributed by atoms with Crippen molar-refractivity contribution in [2.75, 3.05) is 13.2 Å². The minimum Gasteiger partial charge on any atom is -0.489 e. The quantitative estimate of drug-likeness (QED) is 0.212. The molecule has 0 bridgehead atoms. The number of carbonyl (C=O) groups is 1. The topological polar surface area (TPSA) is 156 Å². The van der Waals surface area contributed by atoms with Crippen LogP contribution in [0.3, 0.4) is 0 Å². The lowest BCUT2D eigenvalue weighted by Crippen LogP contribution is -2.61. The smallest absolute Gasteiger partial charge is 0.336 e. The first-order valence-corrected chi connectivity index (χ1v) is 13.4. The second-order valence-corrected chi connectivity index (χ2v) is 10.7. The first-order chi connectivity index (χ1) is 18.9. The number of hydrogen-bond acceptors (Lipinski definition) is 10. The highest BCUT2D eigenvalue weighted by Gasteiger charge is 2.46. The Morgan fingerprint density at radius 2 is 1.68 bits per heavy atom. The Labute approximate surface area is 233 Å². The summed E-state index contributed by atoms with van der Waals surface area (Å²) in [6.45, 7) is 6.90. The van der Waals surface area contributed by atoms with Gasteiger partial charge in [0, 0.05) is 23.9 Å². The largest absolute Gasteiger partial charge is 0.489 e. The van der Waals surface area contributed by atoms with Gasteiger partial charge in [-0.2, -0.15) is 0 Å². The van der Waals surface area contributed by atoms with Crippen molar-refractivity contribution >= 4 is 16.8 Å². The Kier molecular flexibility index (Phi) is 11.2. The van der Waals surface area contributed by atoms with Crippen LogP contribution < -0.4 is 10.4 Å². The van der Waals surface area contributed by atoms with Crippen molar-refractivity contribution in [3.8, 4) is 5.75 Å². The number of ketones is 1. The maximum absolute atomic E-state index is 12.9. The van der Waals surface area contributed by atoms with Gasteiger partial charge in [0.2, 0.25) is 0 Å². The van der Waals surface area contributed by atoms with E-state index in [1.165, 1.54) is 6.07 Å². The zero-order valence-electron chi connectivity index (χ0n) is 23.4. The van der Waals surface area contributed by atoms with Gasteiger partial charge in [-0.05, 0) is 71.2 Å². The molecule has 5 atom stereocenters. The lowest BCUT2D eigenvalue weighted by atomic mass is 9.95. The van der Waals surface area contributed by atoms with Crippen molar-refractivity contribution < 1.29 is 43.8 Å². The lowest BCUT2D eigenvalue weighted by Gasteiger charge is -2.42. The molecule has 0 saturated carbocycles. The van der Waals surface area contributed by atoms with Crippen LogP contribution >= 0.6 is 0 Å². The van der Waals surface area contributed by atoms with Crippen molar-refractivity contribution in [1.29, 1.82) is 0 Å². The van der Waals surface area contributed by atoms with E-state index in [1.807, 2.05) is 32.1 Å². The summed E-state index contributed by atoms with van der Waals surface area (Å²) >= 11 is 0. The molecular weight excluding hydrogens is 520 g/mol. The Bertz CT molecular complexity index is 1260. The summed E-state index contributed by atoms with van der Waals surface area (Å²) in [5.74, 6) is 0.406. The summed E-state index contributed by atoms with van der Waals surface area (Å²) in [5, 5.41) is 40.2.